The topological polar surface area (TPSA) is 84.5 Å². The van der Waals surface area contributed by atoms with Crippen LogP contribution >= 0.6 is 15.9 Å². The van der Waals surface area contributed by atoms with Crippen LogP contribution < -0.4 is 0 Å². The van der Waals surface area contributed by atoms with Gasteiger partial charge in [0.25, 0.3) is 0 Å². The minimum Gasteiger partial charge on any atom is -0.294 e. The third kappa shape index (κ3) is 2.72. The summed E-state index contributed by atoms with van der Waals surface area (Å²) < 4.78 is 2.47. The minimum absolute atomic E-state index is 0.00194. The molecule has 0 bridgehead atoms. The first-order chi connectivity index (χ1) is 12.6. The van der Waals surface area contributed by atoms with Crippen LogP contribution in [0.1, 0.15) is 45.6 Å². The van der Waals surface area contributed by atoms with Crippen molar-refractivity contribution in [3.05, 3.63) is 69.5 Å². The fourth-order valence-corrected chi connectivity index (χ4v) is 3.75. The molecule has 0 amide bonds. The molecule has 2 atom stereocenters. The van der Waals surface area contributed by atoms with E-state index in [0.29, 0.717) is 11.4 Å². The fourth-order valence-electron chi connectivity index (χ4n) is 3.37. The monoisotopic (exact) mass is 407 g/mol. The largest absolute Gasteiger partial charge is 0.294 e. The van der Waals surface area contributed by atoms with E-state index < -0.39 is 5.92 Å². The summed E-state index contributed by atoms with van der Waals surface area (Å²) in [4.78, 5) is 12.9. The quantitative estimate of drug-likeness (QED) is 0.617. The summed E-state index contributed by atoms with van der Waals surface area (Å²) in [5.41, 5.74) is 3.45. The van der Waals surface area contributed by atoms with Crippen molar-refractivity contribution in [3.63, 3.8) is 0 Å². The van der Waals surface area contributed by atoms with E-state index in [9.17, 15) is 10.1 Å². The van der Waals surface area contributed by atoms with E-state index in [-0.39, 0.29) is 18.1 Å². The molecule has 0 saturated carbocycles. The molecule has 0 N–H and O–H groups in total. The Bertz CT molecular complexity index is 1030. The van der Waals surface area contributed by atoms with Gasteiger partial charge in [-0.1, -0.05) is 45.8 Å². The fraction of sp³-hybridized carbons (Fsp3) is 0.211. The molecule has 26 heavy (non-hydrogen) atoms. The normalized spacial score (nSPS) is 17.9. The molecule has 6 nitrogen and oxygen atoms in total. The summed E-state index contributed by atoms with van der Waals surface area (Å²) >= 11 is 3.48. The molecule has 0 fully saturated rings. The first kappa shape index (κ1) is 16.6. The number of aryl methyl sites for hydroxylation is 1. The molecule has 0 unspecified atom stereocenters. The standard InChI is InChI=1S/C19H14BrN5O/c1-11-2-4-12(5-3-11)18(26)9-14-15-8-13(20)6-7-17(15)25-19(16(14)10-21)22-23-24-25/h2-8,14,16H,9H2,1H3/t14-,16+/m1/s1. The predicted molar refractivity (Wildman–Crippen MR) is 98.1 cm³/mol. The van der Waals surface area contributed by atoms with Crippen LogP contribution in [0.15, 0.2) is 46.9 Å². The van der Waals surface area contributed by atoms with Gasteiger partial charge in [0, 0.05) is 22.4 Å². The number of hydrogen-bond donors (Lipinski definition) is 0. The number of benzene rings is 2. The van der Waals surface area contributed by atoms with Crippen LogP contribution in [0.5, 0.6) is 0 Å². The van der Waals surface area contributed by atoms with Gasteiger partial charge in [-0.25, -0.2) is 0 Å². The highest BCUT2D eigenvalue weighted by Crippen LogP contribution is 2.43. The minimum atomic E-state index is -0.582. The number of Topliss-reactive ketones (excluding diaryl/α,β-unsaturated/α-hetero) is 1. The van der Waals surface area contributed by atoms with Crippen LogP contribution in [0, 0.1) is 18.3 Å². The maximum atomic E-state index is 12.9. The van der Waals surface area contributed by atoms with Crippen molar-refractivity contribution in [1.82, 2.24) is 20.2 Å². The molecule has 3 aromatic rings. The third-order valence-electron chi connectivity index (χ3n) is 4.71. The second-order valence-electron chi connectivity index (χ2n) is 6.36. The first-order valence-electron chi connectivity index (χ1n) is 8.16. The van der Waals surface area contributed by atoms with E-state index in [1.807, 2.05) is 49.4 Å². The maximum absolute atomic E-state index is 12.9. The van der Waals surface area contributed by atoms with Crippen LogP contribution in [0.3, 0.4) is 0 Å². The molecule has 1 aromatic heterocycles. The van der Waals surface area contributed by atoms with Gasteiger partial charge in [-0.05, 0) is 41.1 Å². The summed E-state index contributed by atoms with van der Waals surface area (Å²) in [6.45, 7) is 1.98. The van der Waals surface area contributed by atoms with Crippen molar-refractivity contribution in [2.24, 2.45) is 0 Å². The zero-order valence-electron chi connectivity index (χ0n) is 13.9. The number of carbonyl (C=O) groups is 1. The van der Waals surface area contributed by atoms with Gasteiger partial charge in [-0.15, -0.1) is 5.10 Å². The molecule has 0 saturated heterocycles. The van der Waals surface area contributed by atoms with Gasteiger partial charge in [-0.2, -0.15) is 9.94 Å². The SMILES string of the molecule is Cc1ccc(C(=O)C[C@@H]2c3cc(Br)ccc3-n3nnnc3[C@H]2C#N)cc1. The number of aromatic nitrogens is 4. The highest BCUT2D eigenvalue weighted by Gasteiger charge is 2.38. The number of rotatable bonds is 3. The highest BCUT2D eigenvalue weighted by atomic mass is 79.9. The van der Waals surface area contributed by atoms with E-state index in [0.717, 1.165) is 21.3 Å². The van der Waals surface area contributed by atoms with Crippen LogP contribution in [0.2, 0.25) is 0 Å². The predicted octanol–water partition coefficient (Wildman–Crippen LogP) is 3.71. The van der Waals surface area contributed by atoms with Gasteiger partial charge in [-0.3, -0.25) is 4.79 Å². The Morgan fingerprint density at radius 3 is 2.77 bits per heavy atom. The van der Waals surface area contributed by atoms with Gasteiger partial charge in [0.05, 0.1) is 11.8 Å². The molecule has 0 aliphatic carbocycles. The van der Waals surface area contributed by atoms with Gasteiger partial charge in [0.1, 0.15) is 5.92 Å². The van der Waals surface area contributed by atoms with Crippen molar-refractivity contribution < 1.29 is 4.79 Å². The Labute approximate surface area is 158 Å². The zero-order chi connectivity index (χ0) is 18.3. The second kappa shape index (κ2) is 6.46. The number of halogens is 1. The second-order valence-corrected chi connectivity index (χ2v) is 7.27. The van der Waals surface area contributed by atoms with Crippen LogP contribution in [-0.2, 0) is 0 Å². The van der Waals surface area contributed by atoms with E-state index in [4.69, 9.17) is 0 Å². The van der Waals surface area contributed by atoms with Gasteiger partial charge in [0.2, 0.25) is 0 Å². The lowest BCUT2D eigenvalue weighted by molar-refractivity contribution is 0.0970. The third-order valence-corrected chi connectivity index (χ3v) is 5.20. The number of nitrogens with zero attached hydrogens (tertiary/aromatic N) is 5. The number of ketones is 1. The smallest absolute Gasteiger partial charge is 0.174 e. The van der Waals surface area contributed by atoms with Crippen LogP contribution in [-0.4, -0.2) is 26.0 Å². The maximum Gasteiger partial charge on any atom is 0.174 e. The van der Waals surface area contributed by atoms with Crippen molar-refractivity contribution >= 4 is 21.7 Å². The molecular formula is C19H14BrN5O. The van der Waals surface area contributed by atoms with Crippen LogP contribution in [0.25, 0.3) is 5.69 Å². The summed E-state index contributed by atoms with van der Waals surface area (Å²) in [6.07, 6.45) is 0.220. The Morgan fingerprint density at radius 1 is 1.27 bits per heavy atom. The van der Waals surface area contributed by atoms with E-state index in [2.05, 4.69) is 37.5 Å². The molecular weight excluding hydrogens is 394 g/mol. The molecule has 4 rings (SSSR count). The van der Waals surface area contributed by atoms with E-state index in [1.165, 1.54) is 0 Å². The lowest BCUT2D eigenvalue weighted by Crippen LogP contribution is -2.25. The van der Waals surface area contributed by atoms with Crippen molar-refractivity contribution in [3.8, 4) is 11.8 Å². The average Bonchev–Trinajstić information content (AvgIpc) is 3.12. The number of tetrazole rings is 1. The number of nitriles is 1. The van der Waals surface area contributed by atoms with Gasteiger partial charge < -0.3 is 0 Å². The lowest BCUT2D eigenvalue weighted by atomic mass is 9.79. The van der Waals surface area contributed by atoms with Gasteiger partial charge in [0.15, 0.2) is 11.6 Å². The number of hydrogen-bond acceptors (Lipinski definition) is 5. The first-order valence-corrected chi connectivity index (χ1v) is 8.95. The summed E-state index contributed by atoms with van der Waals surface area (Å²) in [6, 6.07) is 15.5. The Hall–Kier alpha value is -2.85. The van der Waals surface area contributed by atoms with E-state index in [1.54, 1.807) is 4.68 Å². The molecule has 0 radical (unpaired) electrons. The molecule has 2 aromatic carbocycles. The molecule has 1 aliphatic heterocycles. The van der Waals surface area contributed by atoms with Crippen molar-refractivity contribution in [1.29, 1.82) is 5.26 Å². The zero-order valence-corrected chi connectivity index (χ0v) is 15.5. The summed E-state index contributed by atoms with van der Waals surface area (Å²) in [5.74, 6) is -0.410. The summed E-state index contributed by atoms with van der Waals surface area (Å²) in [5, 5.41) is 21.5. The molecule has 128 valence electrons. The van der Waals surface area contributed by atoms with Gasteiger partial charge >= 0.3 is 0 Å². The Balaban J connectivity index is 1.77. The molecule has 0 spiro atoms. The van der Waals surface area contributed by atoms with Crippen molar-refractivity contribution in [2.45, 2.75) is 25.2 Å². The van der Waals surface area contributed by atoms with E-state index >= 15 is 0 Å². The average molecular weight is 408 g/mol. The lowest BCUT2D eigenvalue weighted by Gasteiger charge is -2.28. The Morgan fingerprint density at radius 2 is 2.04 bits per heavy atom. The number of carbonyl (C=O) groups excluding carboxylic acids is 1. The van der Waals surface area contributed by atoms with Crippen molar-refractivity contribution in [2.75, 3.05) is 0 Å². The van der Waals surface area contributed by atoms with Crippen LogP contribution in [0.4, 0.5) is 0 Å². The molecule has 7 heteroatoms. The molecule has 1 aliphatic rings. The molecule has 2 heterocycles. The Kier molecular flexibility index (Phi) is 4.13. The highest BCUT2D eigenvalue weighted by molar-refractivity contribution is 9.10. The number of fused-ring (bicyclic) bond motifs is 3. The summed E-state index contributed by atoms with van der Waals surface area (Å²) in [7, 11) is 0.